The first-order valence-corrected chi connectivity index (χ1v) is 11.2. The van der Waals surface area contributed by atoms with Gasteiger partial charge in [-0.2, -0.15) is 4.31 Å². The van der Waals surface area contributed by atoms with Crippen molar-refractivity contribution in [2.24, 2.45) is 11.8 Å². The molecule has 0 N–H and O–H groups in total. The molecule has 0 spiro atoms. The van der Waals surface area contributed by atoms with Crippen LogP contribution >= 0.6 is 0 Å². The molecule has 2 bridgehead atoms. The third-order valence-corrected chi connectivity index (χ3v) is 8.38. The van der Waals surface area contributed by atoms with E-state index in [1.807, 2.05) is 4.90 Å². The smallest absolute Gasteiger partial charge is 0.243 e. The summed E-state index contributed by atoms with van der Waals surface area (Å²) in [4.78, 5) is 15.5. The highest BCUT2D eigenvalue weighted by molar-refractivity contribution is 7.89. The topological polar surface area (TPSA) is 66.9 Å². The molecule has 27 heavy (non-hydrogen) atoms. The van der Waals surface area contributed by atoms with Gasteiger partial charge >= 0.3 is 0 Å². The molecule has 5 rings (SSSR count). The Labute approximate surface area is 159 Å². The minimum Gasteiger partial charge on any atom is -0.366 e. The van der Waals surface area contributed by atoms with Crippen LogP contribution in [0.2, 0.25) is 0 Å². The summed E-state index contributed by atoms with van der Waals surface area (Å²) in [6.45, 7) is 1.75. The first-order chi connectivity index (χ1) is 13.1. The van der Waals surface area contributed by atoms with Crippen molar-refractivity contribution in [2.75, 3.05) is 19.6 Å². The molecule has 0 aliphatic carbocycles. The summed E-state index contributed by atoms with van der Waals surface area (Å²) in [6.07, 6.45) is 6.72. The lowest BCUT2D eigenvalue weighted by atomic mass is 9.86. The number of carbonyl (C=O) groups excluding carboxylic acids is 1. The summed E-state index contributed by atoms with van der Waals surface area (Å²) in [5.41, 5.74) is 0. The number of likely N-dealkylation sites (tertiary alicyclic amines) is 1. The third kappa shape index (κ3) is 2.75. The van der Waals surface area contributed by atoms with E-state index < -0.39 is 16.1 Å². The Balaban J connectivity index is 1.38. The van der Waals surface area contributed by atoms with Gasteiger partial charge in [-0.15, -0.1) is 0 Å². The van der Waals surface area contributed by atoms with Crippen molar-refractivity contribution in [1.29, 1.82) is 0 Å². The molecule has 0 aromatic heterocycles. The average molecular weight is 388 g/mol. The van der Waals surface area contributed by atoms with E-state index in [2.05, 4.69) is 12.2 Å². The van der Waals surface area contributed by atoms with E-state index in [1.165, 1.54) is 4.31 Å². The molecule has 4 aliphatic heterocycles. The number of sulfonamides is 1. The lowest BCUT2D eigenvalue weighted by Crippen LogP contribution is -2.52. The minimum absolute atomic E-state index is 0.0389. The average Bonchev–Trinajstić information content (AvgIpc) is 3.41. The lowest BCUT2D eigenvalue weighted by Gasteiger charge is -2.36. The Morgan fingerprint density at radius 2 is 1.67 bits per heavy atom. The fraction of sp³-hybridized carbons (Fsp3) is 0.550. The summed E-state index contributed by atoms with van der Waals surface area (Å²) in [6, 6.07) is 7.86. The largest absolute Gasteiger partial charge is 0.366 e. The first kappa shape index (κ1) is 17.4. The van der Waals surface area contributed by atoms with Crippen LogP contribution < -0.4 is 0 Å². The van der Waals surface area contributed by atoms with Crippen molar-refractivity contribution >= 4 is 15.9 Å². The van der Waals surface area contributed by atoms with Crippen LogP contribution in [-0.2, 0) is 19.6 Å². The summed E-state index contributed by atoms with van der Waals surface area (Å²) in [5, 5.41) is 0. The van der Waals surface area contributed by atoms with Crippen LogP contribution in [0.3, 0.4) is 0 Å². The molecule has 1 aromatic carbocycles. The van der Waals surface area contributed by atoms with Gasteiger partial charge in [0.25, 0.3) is 0 Å². The van der Waals surface area contributed by atoms with Gasteiger partial charge in [0.05, 0.1) is 17.1 Å². The van der Waals surface area contributed by atoms with Crippen LogP contribution in [-0.4, -0.2) is 61.4 Å². The maximum absolute atomic E-state index is 13.3. The SMILES string of the molecule is O=C(C1CCCCN1S(=O)(=O)c1ccccc1)N1CC2C3C=CC(O3)C2C1. The number of benzene rings is 1. The molecule has 4 heterocycles. The number of carbonyl (C=O) groups is 1. The predicted octanol–water partition coefficient (Wildman–Crippen LogP) is 1.64. The van der Waals surface area contributed by atoms with Crippen molar-refractivity contribution in [2.45, 2.75) is 42.4 Å². The highest BCUT2D eigenvalue weighted by Crippen LogP contribution is 2.44. The van der Waals surface area contributed by atoms with Gasteiger partial charge in [-0.3, -0.25) is 4.79 Å². The Kier molecular flexibility index (Phi) is 4.14. The molecular formula is C20H24N2O4S. The summed E-state index contributed by atoms with van der Waals surface area (Å²) in [7, 11) is -3.66. The number of amides is 1. The van der Waals surface area contributed by atoms with E-state index in [-0.39, 0.29) is 23.0 Å². The van der Waals surface area contributed by atoms with Crippen LogP contribution in [0.25, 0.3) is 0 Å². The molecule has 6 nitrogen and oxygen atoms in total. The molecule has 3 saturated heterocycles. The van der Waals surface area contributed by atoms with Crippen LogP contribution in [0.4, 0.5) is 0 Å². The number of hydrogen-bond acceptors (Lipinski definition) is 4. The zero-order valence-corrected chi connectivity index (χ0v) is 15.9. The van der Waals surface area contributed by atoms with Gasteiger partial charge in [-0.05, 0) is 25.0 Å². The number of ether oxygens (including phenoxy) is 1. The fourth-order valence-electron chi connectivity index (χ4n) is 5.09. The van der Waals surface area contributed by atoms with Gasteiger partial charge in [-0.1, -0.05) is 36.8 Å². The molecule has 0 radical (unpaired) electrons. The van der Waals surface area contributed by atoms with E-state index in [4.69, 9.17) is 4.74 Å². The molecule has 1 amide bonds. The van der Waals surface area contributed by atoms with Crippen molar-refractivity contribution in [1.82, 2.24) is 9.21 Å². The van der Waals surface area contributed by atoms with Crippen molar-refractivity contribution < 1.29 is 17.9 Å². The van der Waals surface area contributed by atoms with Gasteiger partial charge in [0.2, 0.25) is 15.9 Å². The maximum atomic E-state index is 13.3. The second-order valence-corrected chi connectivity index (χ2v) is 9.85. The highest BCUT2D eigenvalue weighted by atomic mass is 32.2. The van der Waals surface area contributed by atoms with Crippen LogP contribution in [0, 0.1) is 11.8 Å². The Hall–Kier alpha value is -1.70. The van der Waals surface area contributed by atoms with Crippen molar-refractivity contribution in [3.8, 4) is 0 Å². The third-order valence-electron chi connectivity index (χ3n) is 6.46. The van der Waals surface area contributed by atoms with E-state index in [1.54, 1.807) is 30.3 Å². The number of fused-ring (bicyclic) bond motifs is 5. The van der Waals surface area contributed by atoms with E-state index >= 15 is 0 Å². The molecule has 4 aliphatic rings. The number of nitrogens with zero attached hydrogens (tertiary/aromatic N) is 2. The van der Waals surface area contributed by atoms with Crippen LogP contribution in [0.5, 0.6) is 0 Å². The number of rotatable bonds is 3. The molecule has 144 valence electrons. The zero-order chi connectivity index (χ0) is 18.6. The molecule has 7 heteroatoms. The molecule has 3 fully saturated rings. The Bertz CT molecular complexity index is 849. The molecule has 0 saturated carbocycles. The molecule has 1 aromatic rings. The standard InChI is InChI=1S/C20H24N2O4S/c23-20(21-12-15-16(13-21)19-10-9-18(15)26-19)17-8-4-5-11-22(17)27(24,25)14-6-2-1-3-7-14/h1-3,6-7,9-10,15-19H,4-5,8,11-13H2. The van der Waals surface area contributed by atoms with Crippen molar-refractivity contribution in [3.63, 3.8) is 0 Å². The number of hydrogen-bond donors (Lipinski definition) is 0. The van der Waals surface area contributed by atoms with Gasteiger partial charge in [0, 0.05) is 31.5 Å². The normalized spacial score (nSPS) is 35.6. The lowest BCUT2D eigenvalue weighted by molar-refractivity contribution is -0.135. The first-order valence-electron chi connectivity index (χ1n) is 9.75. The molecule has 5 unspecified atom stereocenters. The van der Waals surface area contributed by atoms with Gasteiger partial charge < -0.3 is 9.64 Å². The highest BCUT2D eigenvalue weighted by Gasteiger charge is 2.52. The monoisotopic (exact) mass is 388 g/mol. The van der Waals surface area contributed by atoms with Gasteiger partial charge in [-0.25, -0.2) is 8.42 Å². The molecular weight excluding hydrogens is 364 g/mol. The second kappa shape index (κ2) is 6.43. The van der Waals surface area contributed by atoms with Crippen molar-refractivity contribution in [3.05, 3.63) is 42.5 Å². The number of piperidine rings is 1. The van der Waals surface area contributed by atoms with E-state index in [0.717, 1.165) is 12.8 Å². The Morgan fingerprint density at radius 1 is 1.00 bits per heavy atom. The summed E-state index contributed by atoms with van der Waals surface area (Å²) in [5.74, 6) is 0.668. The van der Waals surface area contributed by atoms with Gasteiger partial charge in [0.1, 0.15) is 6.04 Å². The van der Waals surface area contributed by atoms with Crippen LogP contribution in [0.15, 0.2) is 47.4 Å². The Morgan fingerprint density at radius 3 is 2.33 bits per heavy atom. The summed E-state index contributed by atoms with van der Waals surface area (Å²) < 4.78 is 33.6. The minimum atomic E-state index is -3.66. The fourth-order valence-corrected chi connectivity index (χ4v) is 6.76. The zero-order valence-electron chi connectivity index (χ0n) is 15.1. The van der Waals surface area contributed by atoms with Gasteiger partial charge in [0.15, 0.2) is 0 Å². The molecule has 5 atom stereocenters. The summed E-state index contributed by atoms with van der Waals surface area (Å²) >= 11 is 0. The van der Waals surface area contributed by atoms with E-state index in [9.17, 15) is 13.2 Å². The van der Waals surface area contributed by atoms with Crippen LogP contribution in [0.1, 0.15) is 19.3 Å². The van der Waals surface area contributed by atoms with E-state index in [0.29, 0.717) is 37.9 Å². The maximum Gasteiger partial charge on any atom is 0.243 e. The quantitative estimate of drug-likeness (QED) is 0.739. The second-order valence-electron chi connectivity index (χ2n) is 7.96. The predicted molar refractivity (Wildman–Crippen MR) is 99.3 cm³/mol.